The van der Waals surface area contributed by atoms with Crippen LogP contribution in [-0.4, -0.2) is 0 Å². The third kappa shape index (κ3) is 2.01. The van der Waals surface area contributed by atoms with Gasteiger partial charge in [-0.3, -0.25) is 0 Å². The van der Waals surface area contributed by atoms with E-state index in [4.69, 9.17) is 11.7 Å². The van der Waals surface area contributed by atoms with Crippen LogP contribution in [0.3, 0.4) is 0 Å². The highest BCUT2D eigenvalue weighted by Gasteiger charge is 1.88. The second kappa shape index (κ2) is 4.01. The minimum absolute atomic E-state index is 0.348. The lowest BCUT2D eigenvalue weighted by Gasteiger charge is -1.89. The maximum absolute atomic E-state index is 8.53. The highest BCUT2D eigenvalue weighted by atomic mass is 14.2. The molecule has 1 aromatic carbocycles. The minimum Gasteiger partial charge on any atom is -0.192 e. The summed E-state index contributed by atoms with van der Waals surface area (Å²) in [5.41, 5.74) is 1.30. The van der Waals surface area contributed by atoms with Crippen molar-refractivity contribution >= 4 is 6.08 Å². The maximum Gasteiger partial charge on any atom is 0.108 e. The van der Waals surface area contributed by atoms with Gasteiger partial charge in [0, 0.05) is 0 Å². The van der Waals surface area contributed by atoms with Crippen molar-refractivity contribution in [2.45, 2.75) is 0 Å². The molecule has 1 nitrogen and oxygen atoms in total. The SMILES string of the molecule is C#CC(C#N)=Cc1ccccc1. The summed E-state index contributed by atoms with van der Waals surface area (Å²) in [6, 6.07) is 11.4. The molecule has 0 atom stereocenters. The van der Waals surface area contributed by atoms with Crippen molar-refractivity contribution in [3.8, 4) is 18.4 Å². The van der Waals surface area contributed by atoms with Crippen LogP contribution in [0.25, 0.3) is 6.08 Å². The molecule has 0 saturated heterocycles. The molecule has 0 spiro atoms. The molecular weight excluding hydrogens is 146 g/mol. The van der Waals surface area contributed by atoms with Gasteiger partial charge in [0.05, 0.1) is 0 Å². The van der Waals surface area contributed by atoms with Crippen molar-refractivity contribution in [1.29, 1.82) is 5.26 Å². The molecule has 0 N–H and O–H groups in total. The van der Waals surface area contributed by atoms with Crippen LogP contribution < -0.4 is 0 Å². The number of nitriles is 1. The molecule has 0 heterocycles. The van der Waals surface area contributed by atoms with Gasteiger partial charge < -0.3 is 0 Å². The van der Waals surface area contributed by atoms with E-state index < -0.39 is 0 Å². The van der Waals surface area contributed by atoms with Crippen LogP contribution in [0.4, 0.5) is 0 Å². The molecular formula is C11H7N. The van der Waals surface area contributed by atoms with E-state index in [0.717, 1.165) is 5.56 Å². The van der Waals surface area contributed by atoms with Crippen LogP contribution in [0.5, 0.6) is 0 Å². The van der Waals surface area contributed by atoms with Gasteiger partial charge >= 0.3 is 0 Å². The van der Waals surface area contributed by atoms with Crippen LogP contribution in [-0.2, 0) is 0 Å². The monoisotopic (exact) mass is 153 g/mol. The fraction of sp³-hybridized carbons (Fsp3) is 0. The predicted molar refractivity (Wildman–Crippen MR) is 48.9 cm³/mol. The van der Waals surface area contributed by atoms with E-state index in [2.05, 4.69) is 5.92 Å². The van der Waals surface area contributed by atoms with Gasteiger partial charge in [-0.15, -0.1) is 6.42 Å². The lowest BCUT2D eigenvalue weighted by atomic mass is 10.1. The Labute approximate surface area is 72.0 Å². The third-order valence-corrected chi connectivity index (χ3v) is 1.39. The molecule has 0 amide bonds. The fourth-order valence-corrected chi connectivity index (χ4v) is 0.822. The first-order chi connectivity index (χ1) is 5.86. The zero-order chi connectivity index (χ0) is 8.81. The van der Waals surface area contributed by atoms with Gasteiger partial charge in [-0.2, -0.15) is 5.26 Å². The summed E-state index contributed by atoms with van der Waals surface area (Å²) in [4.78, 5) is 0. The van der Waals surface area contributed by atoms with Crippen molar-refractivity contribution < 1.29 is 0 Å². The van der Waals surface area contributed by atoms with Crippen molar-refractivity contribution in [3.63, 3.8) is 0 Å². The first-order valence-electron chi connectivity index (χ1n) is 3.50. The molecule has 0 aliphatic heterocycles. The number of hydrogen-bond acceptors (Lipinski definition) is 1. The predicted octanol–water partition coefficient (Wildman–Crippen LogP) is 2.23. The lowest BCUT2D eigenvalue weighted by Crippen LogP contribution is -1.73. The van der Waals surface area contributed by atoms with Crippen LogP contribution in [0, 0.1) is 23.7 Å². The Bertz CT molecular complexity index is 344. The minimum atomic E-state index is 0.348. The van der Waals surface area contributed by atoms with Gasteiger partial charge in [0.25, 0.3) is 0 Å². The second-order valence-electron chi connectivity index (χ2n) is 2.22. The lowest BCUT2D eigenvalue weighted by molar-refractivity contribution is 1.51. The highest BCUT2D eigenvalue weighted by Crippen LogP contribution is 2.04. The van der Waals surface area contributed by atoms with Crippen LogP contribution >= 0.6 is 0 Å². The van der Waals surface area contributed by atoms with Gasteiger partial charge in [-0.1, -0.05) is 36.3 Å². The molecule has 0 bridgehead atoms. The van der Waals surface area contributed by atoms with Gasteiger partial charge in [-0.05, 0) is 11.6 Å². The highest BCUT2D eigenvalue weighted by molar-refractivity contribution is 5.62. The van der Waals surface area contributed by atoms with Crippen molar-refractivity contribution in [3.05, 3.63) is 41.5 Å². The Balaban J connectivity index is 2.98. The molecule has 0 radical (unpaired) electrons. The first kappa shape index (κ1) is 8.11. The molecule has 0 aliphatic carbocycles. The van der Waals surface area contributed by atoms with Gasteiger partial charge in [0.2, 0.25) is 0 Å². The van der Waals surface area contributed by atoms with E-state index in [1.807, 2.05) is 36.4 Å². The van der Waals surface area contributed by atoms with Gasteiger partial charge in [0.15, 0.2) is 0 Å². The second-order valence-corrected chi connectivity index (χ2v) is 2.22. The average Bonchev–Trinajstić information content (AvgIpc) is 2.16. The summed E-state index contributed by atoms with van der Waals surface area (Å²) in [6.07, 6.45) is 6.77. The Morgan fingerprint density at radius 3 is 2.50 bits per heavy atom. The quantitative estimate of drug-likeness (QED) is 0.448. The Kier molecular flexibility index (Phi) is 2.71. The standard InChI is InChI=1S/C11H7N/c1-2-10(9-12)8-11-6-4-3-5-7-11/h1,3-8H. The molecule has 1 aromatic rings. The number of benzene rings is 1. The zero-order valence-corrected chi connectivity index (χ0v) is 6.49. The van der Waals surface area contributed by atoms with E-state index in [0.29, 0.717) is 5.57 Å². The number of hydrogen-bond donors (Lipinski definition) is 0. The molecule has 0 unspecified atom stereocenters. The molecule has 1 rings (SSSR count). The largest absolute Gasteiger partial charge is 0.192 e. The van der Waals surface area contributed by atoms with E-state index in [1.54, 1.807) is 6.08 Å². The number of rotatable bonds is 1. The molecule has 56 valence electrons. The molecule has 1 heteroatoms. The van der Waals surface area contributed by atoms with Gasteiger partial charge in [0.1, 0.15) is 11.6 Å². The summed E-state index contributed by atoms with van der Waals surface area (Å²) in [6.45, 7) is 0. The summed E-state index contributed by atoms with van der Waals surface area (Å²) < 4.78 is 0. The number of allylic oxidation sites excluding steroid dienone is 1. The Morgan fingerprint density at radius 2 is 2.00 bits per heavy atom. The topological polar surface area (TPSA) is 23.8 Å². The zero-order valence-electron chi connectivity index (χ0n) is 6.49. The first-order valence-corrected chi connectivity index (χ1v) is 3.50. The van der Waals surface area contributed by atoms with Crippen LogP contribution in [0.15, 0.2) is 35.9 Å². The van der Waals surface area contributed by atoms with E-state index in [-0.39, 0.29) is 0 Å². The molecule has 0 fully saturated rings. The van der Waals surface area contributed by atoms with Crippen molar-refractivity contribution in [2.24, 2.45) is 0 Å². The normalized spacial score (nSPS) is 10.0. The molecule has 0 aliphatic rings. The van der Waals surface area contributed by atoms with E-state index in [9.17, 15) is 0 Å². The van der Waals surface area contributed by atoms with Crippen LogP contribution in [0.1, 0.15) is 5.56 Å². The Hall–Kier alpha value is -1.99. The fourth-order valence-electron chi connectivity index (χ4n) is 0.822. The summed E-state index contributed by atoms with van der Waals surface area (Å²) >= 11 is 0. The summed E-state index contributed by atoms with van der Waals surface area (Å²) in [5.74, 6) is 2.30. The maximum atomic E-state index is 8.53. The summed E-state index contributed by atoms with van der Waals surface area (Å²) in [5, 5.41) is 8.53. The van der Waals surface area contributed by atoms with Gasteiger partial charge in [-0.25, -0.2) is 0 Å². The average molecular weight is 153 g/mol. The number of nitrogens with zero attached hydrogens (tertiary/aromatic N) is 1. The van der Waals surface area contributed by atoms with E-state index >= 15 is 0 Å². The third-order valence-electron chi connectivity index (χ3n) is 1.39. The smallest absolute Gasteiger partial charge is 0.108 e. The van der Waals surface area contributed by atoms with E-state index in [1.165, 1.54) is 0 Å². The molecule has 0 saturated carbocycles. The van der Waals surface area contributed by atoms with Crippen molar-refractivity contribution in [1.82, 2.24) is 0 Å². The molecule has 12 heavy (non-hydrogen) atoms. The Morgan fingerprint density at radius 1 is 1.33 bits per heavy atom. The number of terminal acetylenes is 1. The summed E-state index contributed by atoms with van der Waals surface area (Å²) in [7, 11) is 0. The van der Waals surface area contributed by atoms with Crippen LogP contribution in [0.2, 0.25) is 0 Å². The molecule has 0 aromatic heterocycles. The van der Waals surface area contributed by atoms with Crippen molar-refractivity contribution in [2.75, 3.05) is 0 Å².